The van der Waals surface area contributed by atoms with Crippen LogP contribution in [-0.2, 0) is 21.4 Å². The van der Waals surface area contributed by atoms with Crippen LogP contribution in [0, 0.1) is 6.92 Å². The van der Waals surface area contributed by atoms with Crippen LogP contribution in [0.2, 0.25) is 0 Å². The molecule has 2 aliphatic rings. The molecule has 0 aliphatic carbocycles. The van der Waals surface area contributed by atoms with Gasteiger partial charge in [0.2, 0.25) is 10.0 Å². The zero-order valence-corrected chi connectivity index (χ0v) is 25.0. The zero-order valence-electron chi connectivity index (χ0n) is 24.1. The van der Waals surface area contributed by atoms with Crippen molar-refractivity contribution in [3.8, 4) is 0 Å². The van der Waals surface area contributed by atoms with E-state index in [1.54, 1.807) is 6.92 Å². The first-order valence-electron chi connectivity index (χ1n) is 13.9. The fourth-order valence-electron chi connectivity index (χ4n) is 5.69. The summed E-state index contributed by atoms with van der Waals surface area (Å²) in [6.07, 6.45) is 0.917. The lowest BCUT2D eigenvalue weighted by atomic mass is 9.86. The van der Waals surface area contributed by atoms with E-state index in [4.69, 9.17) is 0 Å². The molecule has 40 heavy (non-hydrogen) atoms. The molecule has 2 aromatic rings. The average molecular weight is 568 g/mol. The van der Waals surface area contributed by atoms with Gasteiger partial charge in [0.1, 0.15) is 5.82 Å². The minimum Gasteiger partial charge on any atom is -0.481 e. The number of likely N-dealkylation sites (N-methyl/N-ethyl adjacent to an activating group) is 2. The Morgan fingerprint density at radius 2 is 1.85 bits per heavy atom. The Hall–Kier alpha value is -3.37. The van der Waals surface area contributed by atoms with Crippen molar-refractivity contribution in [3.63, 3.8) is 0 Å². The lowest BCUT2D eigenvalue weighted by Crippen LogP contribution is -2.38. The summed E-state index contributed by atoms with van der Waals surface area (Å²) in [6.45, 7) is 13.8. The normalized spacial score (nSPS) is 20.0. The Kier molecular flexibility index (Phi) is 8.90. The molecule has 0 saturated heterocycles. The summed E-state index contributed by atoms with van der Waals surface area (Å²) in [4.78, 5) is 20.4. The molecule has 2 unspecified atom stereocenters. The van der Waals surface area contributed by atoms with E-state index >= 15 is 0 Å². The third kappa shape index (κ3) is 5.88. The molecule has 4 rings (SSSR count). The largest absolute Gasteiger partial charge is 0.481 e. The predicted octanol–water partition coefficient (Wildman–Crippen LogP) is 4.60. The molecule has 10 heteroatoms. The van der Waals surface area contributed by atoms with Crippen LogP contribution in [0.1, 0.15) is 61.8 Å². The predicted molar refractivity (Wildman–Crippen MR) is 162 cm³/mol. The fourth-order valence-corrected chi connectivity index (χ4v) is 7.13. The summed E-state index contributed by atoms with van der Waals surface area (Å²) in [5.41, 5.74) is 5.66. The smallest absolute Gasteiger partial charge is 0.304 e. The van der Waals surface area contributed by atoms with Crippen LogP contribution in [0.5, 0.6) is 0 Å². The monoisotopic (exact) mass is 567 g/mol. The first-order valence-corrected chi connectivity index (χ1v) is 15.3. The molecule has 2 N–H and O–H groups in total. The molecule has 0 saturated carbocycles. The van der Waals surface area contributed by atoms with Crippen LogP contribution in [-0.4, -0.2) is 74.7 Å². The summed E-state index contributed by atoms with van der Waals surface area (Å²) in [5, 5.41) is 13.4. The molecular weight excluding hydrogens is 526 g/mol. The quantitative estimate of drug-likeness (QED) is 0.427. The third-order valence-corrected chi connectivity index (χ3v) is 10.1. The number of allylic oxidation sites excluding steroid dienone is 1. The number of fused-ring (bicyclic) bond motifs is 1. The highest BCUT2D eigenvalue weighted by Crippen LogP contribution is 2.37. The SMILES string of the molecule is C=NC1=C(C)S(=O)(=O)N(Cc2cc(C(CC(=O)O)c3ccc4c(c3)NC(CC)CN4C)ccc2C)CCN1CC. The molecule has 9 nitrogen and oxygen atoms in total. The van der Waals surface area contributed by atoms with Crippen molar-refractivity contribution >= 4 is 34.1 Å². The number of hydrogen-bond acceptors (Lipinski definition) is 7. The third-order valence-electron chi connectivity index (χ3n) is 8.17. The number of carbonyl (C=O) groups is 1. The number of carboxylic acids is 1. The number of anilines is 2. The lowest BCUT2D eigenvalue weighted by molar-refractivity contribution is -0.137. The number of nitrogens with one attached hydrogen (secondary N) is 1. The second kappa shape index (κ2) is 12.0. The second-order valence-electron chi connectivity index (χ2n) is 10.7. The molecule has 0 bridgehead atoms. The number of rotatable bonds is 9. The number of aryl methyl sites for hydroxylation is 1. The molecule has 0 spiro atoms. The Morgan fingerprint density at radius 1 is 1.15 bits per heavy atom. The van der Waals surface area contributed by atoms with Gasteiger partial charge in [-0.3, -0.25) is 4.79 Å². The Morgan fingerprint density at radius 3 is 2.50 bits per heavy atom. The number of hydrogen-bond donors (Lipinski definition) is 2. The second-order valence-corrected chi connectivity index (χ2v) is 12.8. The van der Waals surface area contributed by atoms with Gasteiger partial charge in [-0.15, -0.1) is 0 Å². The van der Waals surface area contributed by atoms with Gasteiger partial charge in [-0.25, -0.2) is 13.4 Å². The van der Waals surface area contributed by atoms with Gasteiger partial charge in [0.25, 0.3) is 0 Å². The molecule has 216 valence electrons. The highest BCUT2D eigenvalue weighted by atomic mass is 32.2. The standard InChI is InChI=1S/C30H41N5O4S/c1-7-25-19-33(6)28-12-11-23(16-27(28)32-25)26(17-29(36)37)22-10-9-20(3)24(15-22)18-35-14-13-34(8-2)30(31-5)21(4)40(35,38)39/h9-12,15-16,25-26,32H,5,7-8,13-14,17-19H2,1-4,6H3,(H,36,37). The van der Waals surface area contributed by atoms with E-state index < -0.39 is 16.0 Å². The van der Waals surface area contributed by atoms with Crippen LogP contribution in [0.4, 0.5) is 11.4 Å². The molecule has 0 amide bonds. The first-order chi connectivity index (χ1) is 19.0. The summed E-state index contributed by atoms with van der Waals surface area (Å²) in [6, 6.07) is 12.3. The van der Waals surface area contributed by atoms with E-state index in [0.29, 0.717) is 31.5 Å². The van der Waals surface area contributed by atoms with Gasteiger partial charge in [0.15, 0.2) is 0 Å². The van der Waals surface area contributed by atoms with Crippen LogP contribution >= 0.6 is 0 Å². The molecule has 0 fully saturated rings. The minimum atomic E-state index is -3.76. The van der Waals surface area contributed by atoms with Gasteiger partial charge in [-0.1, -0.05) is 31.2 Å². The molecule has 2 aromatic carbocycles. The molecule has 2 atom stereocenters. The van der Waals surface area contributed by atoms with Crippen LogP contribution in [0.15, 0.2) is 52.1 Å². The number of carboxylic acid groups (broad SMARTS) is 1. The van der Waals surface area contributed by atoms with Crippen LogP contribution < -0.4 is 10.2 Å². The van der Waals surface area contributed by atoms with Crippen molar-refractivity contribution in [1.82, 2.24) is 9.21 Å². The highest BCUT2D eigenvalue weighted by Gasteiger charge is 2.32. The number of aliphatic imine (C=N–C) groups is 1. The van der Waals surface area contributed by atoms with Gasteiger partial charge in [-0.05, 0) is 68.3 Å². The maximum Gasteiger partial charge on any atom is 0.304 e. The summed E-state index contributed by atoms with van der Waals surface area (Å²) >= 11 is 0. The van der Waals surface area contributed by atoms with Gasteiger partial charge in [-0.2, -0.15) is 4.31 Å². The number of benzene rings is 2. The van der Waals surface area contributed by atoms with Crippen molar-refractivity contribution in [2.24, 2.45) is 4.99 Å². The molecule has 0 radical (unpaired) electrons. The molecule has 2 heterocycles. The van der Waals surface area contributed by atoms with Crippen molar-refractivity contribution in [3.05, 3.63) is 69.4 Å². The first kappa shape index (κ1) is 29.6. The Bertz CT molecular complexity index is 1420. The van der Waals surface area contributed by atoms with Gasteiger partial charge in [0, 0.05) is 51.7 Å². The number of aliphatic carboxylic acids is 1. The van der Waals surface area contributed by atoms with E-state index in [1.807, 2.05) is 43.0 Å². The van der Waals surface area contributed by atoms with Crippen molar-refractivity contribution in [2.45, 2.75) is 59.0 Å². The van der Waals surface area contributed by atoms with Gasteiger partial charge in [0.05, 0.1) is 22.7 Å². The summed E-state index contributed by atoms with van der Waals surface area (Å²) in [7, 11) is -1.68. The van der Waals surface area contributed by atoms with Crippen molar-refractivity contribution < 1.29 is 18.3 Å². The lowest BCUT2D eigenvalue weighted by Gasteiger charge is -2.35. The number of nitrogens with zero attached hydrogens (tertiary/aromatic N) is 4. The molecular formula is C30H41N5O4S. The molecule has 0 aromatic heterocycles. The van der Waals surface area contributed by atoms with E-state index in [-0.39, 0.29) is 23.8 Å². The van der Waals surface area contributed by atoms with E-state index in [9.17, 15) is 18.3 Å². The van der Waals surface area contributed by atoms with Crippen LogP contribution in [0.25, 0.3) is 0 Å². The summed E-state index contributed by atoms with van der Waals surface area (Å²) in [5.74, 6) is -0.874. The van der Waals surface area contributed by atoms with Gasteiger partial charge >= 0.3 is 5.97 Å². The maximum absolute atomic E-state index is 13.5. The maximum atomic E-state index is 13.5. The van der Waals surface area contributed by atoms with Crippen molar-refractivity contribution in [1.29, 1.82) is 0 Å². The summed E-state index contributed by atoms with van der Waals surface area (Å²) < 4.78 is 28.6. The highest BCUT2D eigenvalue weighted by molar-refractivity contribution is 7.93. The van der Waals surface area contributed by atoms with E-state index in [0.717, 1.165) is 46.6 Å². The zero-order chi connectivity index (χ0) is 29.2. The Labute approximate surface area is 238 Å². The fraction of sp³-hybridized carbons (Fsp3) is 0.467. The Balaban J connectivity index is 1.71. The average Bonchev–Trinajstić information content (AvgIpc) is 3.01. The van der Waals surface area contributed by atoms with Crippen LogP contribution in [0.3, 0.4) is 0 Å². The molecule has 2 aliphatic heterocycles. The van der Waals surface area contributed by atoms with E-state index in [1.165, 1.54) is 4.31 Å². The van der Waals surface area contributed by atoms with Crippen molar-refractivity contribution in [2.75, 3.05) is 43.4 Å². The topological polar surface area (TPSA) is 106 Å². The minimum absolute atomic E-state index is 0.0714. The van der Waals surface area contributed by atoms with E-state index in [2.05, 4.69) is 48.0 Å². The number of sulfonamides is 1. The van der Waals surface area contributed by atoms with Gasteiger partial charge < -0.3 is 20.2 Å².